The fourth-order valence-corrected chi connectivity index (χ4v) is 4.05. The molecule has 0 fully saturated rings. The average molecular weight is 466 g/mol. The Hall–Kier alpha value is -4.49. The molecule has 1 aromatic heterocycles. The van der Waals surface area contributed by atoms with Crippen molar-refractivity contribution in [3.63, 3.8) is 0 Å². The molecule has 0 aliphatic rings. The number of nitrogen functional groups attached to an aromatic ring is 1. The van der Waals surface area contributed by atoms with Crippen molar-refractivity contribution in [2.45, 2.75) is 13.0 Å². The Bertz CT molecular complexity index is 1390. The van der Waals surface area contributed by atoms with E-state index in [-0.39, 0.29) is 12.6 Å². The summed E-state index contributed by atoms with van der Waals surface area (Å²) in [6, 6.07) is 23.7. The molecule has 4 rings (SSSR count). The van der Waals surface area contributed by atoms with Crippen molar-refractivity contribution in [3.05, 3.63) is 102 Å². The zero-order chi connectivity index (χ0) is 24.9. The minimum atomic E-state index is -0.548. The lowest BCUT2D eigenvalue weighted by molar-refractivity contribution is 0.100. The van der Waals surface area contributed by atoms with Gasteiger partial charge < -0.3 is 27.3 Å². The highest BCUT2D eigenvalue weighted by molar-refractivity contribution is 6.04. The summed E-state index contributed by atoms with van der Waals surface area (Å²) in [6.45, 7) is 1.57. The van der Waals surface area contributed by atoms with Gasteiger partial charge in [-0.1, -0.05) is 54.6 Å². The first kappa shape index (κ1) is 23.7. The van der Waals surface area contributed by atoms with Crippen LogP contribution in [0.5, 0.6) is 0 Å². The molecule has 1 atom stereocenters. The number of hydrogen-bond acceptors (Lipinski definition) is 6. The summed E-state index contributed by atoms with van der Waals surface area (Å²) in [5.41, 5.74) is 17.9. The topological polar surface area (TPSA) is 138 Å². The minimum absolute atomic E-state index is 0.107. The second-order valence-electron chi connectivity index (χ2n) is 8.25. The number of nitrogens with two attached hydrogens (primary N) is 2. The van der Waals surface area contributed by atoms with Crippen LogP contribution in [0.2, 0.25) is 0 Å². The normalized spacial score (nSPS) is 11.6. The number of hydrogen-bond donors (Lipinski definition) is 5. The van der Waals surface area contributed by atoms with Crippen LogP contribution in [0.3, 0.4) is 0 Å². The molecule has 7 nitrogen and oxygen atoms in total. The molecule has 1 amide bonds. The van der Waals surface area contributed by atoms with Gasteiger partial charge in [-0.15, -0.1) is 0 Å². The molecule has 1 heterocycles. The zero-order valence-electron chi connectivity index (χ0n) is 19.3. The number of aromatic nitrogens is 1. The van der Waals surface area contributed by atoms with Gasteiger partial charge in [0.25, 0.3) is 0 Å². The highest BCUT2D eigenvalue weighted by atomic mass is 16.3. The van der Waals surface area contributed by atoms with Gasteiger partial charge in [0.15, 0.2) is 0 Å². The predicted molar refractivity (Wildman–Crippen MR) is 140 cm³/mol. The summed E-state index contributed by atoms with van der Waals surface area (Å²) in [5.74, 6) is -0.548. The van der Waals surface area contributed by atoms with E-state index in [0.29, 0.717) is 39.5 Å². The summed E-state index contributed by atoms with van der Waals surface area (Å²) in [7, 11) is 0. The molecule has 7 heteroatoms. The molecule has 4 aromatic rings. The van der Waals surface area contributed by atoms with E-state index >= 15 is 0 Å². The van der Waals surface area contributed by atoms with Crippen molar-refractivity contribution < 1.29 is 9.90 Å². The van der Waals surface area contributed by atoms with Crippen molar-refractivity contribution in [1.82, 2.24) is 4.98 Å². The number of anilines is 2. The van der Waals surface area contributed by atoms with Crippen molar-refractivity contribution >= 4 is 23.0 Å². The smallest absolute Gasteiger partial charge is 0.249 e. The Labute approximate surface area is 204 Å². The molecule has 0 radical (unpaired) electrons. The predicted octanol–water partition coefficient (Wildman–Crippen LogP) is 4.63. The first-order valence-corrected chi connectivity index (χ1v) is 11.2. The van der Waals surface area contributed by atoms with Gasteiger partial charge in [0.2, 0.25) is 5.91 Å². The number of aliphatic hydroxyl groups excluding tert-OH is 1. The van der Waals surface area contributed by atoms with E-state index in [2.05, 4.69) is 5.32 Å². The minimum Gasteiger partial charge on any atom is -0.398 e. The fourth-order valence-electron chi connectivity index (χ4n) is 4.05. The molecular formula is C28H27N5O2. The van der Waals surface area contributed by atoms with Crippen LogP contribution < -0.4 is 16.8 Å². The van der Waals surface area contributed by atoms with Gasteiger partial charge in [-0.25, -0.2) is 0 Å². The van der Waals surface area contributed by atoms with Crippen molar-refractivity contribution in [2.75, 3.05) is 17.7 Å². The van der Waals surface area contributed by atoms with Crippen molar-refractivity contribution in [2.24, 2.45) is 5.73 Å². The third-order valence-electron chi connectivity index (χ3n) is 5.83. The van der Waals surface area contributed by atoms with Gasteiger partial charge in [0.1, 0.15) is 0 Å². The summed E-state index contributed by atoms with van der Waals surface area (Å²) in [5, 5.41) is 21.5. The Balaban J connectivity index is 1.88. The monoisotopic (exact) mass is 465 g/mol. The van der Waals surface area contributed by atoms with Crippen LogP contribution in [0.1, 0.15) is 34.5 Å². The fraction of sp³-hybridized carbons (Fsp3) is 0.107. The number of amides is 1. The summed E-state index contributed by atoms with van der Waals surface area (Å²) < 4.78 is 0. The molecule has 0 saturated heterocycles. The van der Waals surface area contributed by atoms with E-state index in [4.69, 9.17) is 21.9 Å². The first-order valence-electron chi connectivity index (χ1n) is 11.2. The van der Waals surface area contributed by atoms with Crippen LogP contribution in [0.25, 0.3) is 22.4 Å². The van der Waals surface area contributed by atoms with E-state index in [9.17, 15) is 9.90 Å². The molecule has 35 heavy (non-hydrogen) atoms. The van der Waals surface area contributed by atoms with Crippen LogP contribution in [-0.4, -0.2) is 28.3 Å². The maximum Gasteiger partial charge on any atom is 0.249 e. The molecule has 1 unspecified atom stereocenters. The number of primary amides is 1. The van der Waals surface area contributed by atoms with Crippen LogP contribution in [0.15, 0.2) is 85.1 Å². The number of rotatable bonds is 8. The summed E-state index contributed by atoms with van der Waals surface area (Å²) in [6.07, 6.45) is 1.67. The second kappa shape index (κ2) is 10.2. The van der Waals surface area contributed by atoms with Crippen LogP contribution in [0, 0.1) is 5.41 Å². The van der Waals surface area contributed by atoms with Crippen molar-refractivity contribution in [1.29, 1.82) is 5.41 Å². The van der Waals surface area contributed by atoms with Crippen LogP contribution >= 0.6 is 0 Å². The van der Waals surface area contributed by atoms with E-state index < -0.39 is 5.91 Å². The van der Waals surface area contributed by atoms with Gasteiger partial charge in [-0.05, 0) is 42.3 Å². The standard InChI is InChI=1S/C28H27N5O2/c1-17(29)23-13-19(11-12-25(23)30)24-14-20(33-26(16-34)18-7-3-2-4-8-18)15-32-27(24)21-9-5-6-10-22(21)28(31)35/h2-15,26,29,33-34H,16,30H2,1H3,(H2,31,35). The van der Waals surface area contributed by atoms with E-state index in [1.807, 2.05) is 54.6 Å². The number of pyridine rings is 1. The van der Waals surface area contributed by atoms with Gasteiger partial charge >= 0.3 is 0 Å². The quantitative estimate of drug-likeness (QED) is 0.191. The second-order valence-corrected chi connectivity index (χ2v) is 8.25. The van der Waals surface area contributed by atoms with Crippen LogP contribution in [-0.2, 0) is 0 Å². The lowest BCUT2D eigenvalue weighted by Crippen LogP contribution is -2.15. The molecule has 0 aliphatic heterocycles. The van der Waals surface area contributed by atoms with Gasteiger partial charge in [-0.3, -0.25) is 9.78 Å². The lowest BCUT2D eigenvalue weighted by atomic mass is 9.93. The number of carbonyl (C=O) groups excluding carboxylic acids is 1. The van der Waals surface area contributed by atoms with Gasteiger partial charge in [-0.2, -0.15) is 0 Å². The Morgan fingerprint density at radius 3 is 2.40 bits per heavy atom. The Morgan fingerprint density at radius 1 is 1.00 bits per heavy atom. The molecule has 0 bridgehead atoms. The van der Waals surface area contributed by atoms with Gasteiger partial charge in [0.05, 0.1) is 30.2 Å². The molecule has 7 N–H and O–H groups in total. The third-order valence-corrected chi connectivity index (χ3v) is 5.83. The average Bonchev–Trinajstić information content (AvgIpc) is 2.87. The number of nitrogens with one attached hydrogen (secondary N) is 2. The molecule has 0 saturated carbocycles. The molecule has 3 aromatic carbocycles. The highest BCUT2D eigenvalue weighted by Crippen LogP contribution is 2.36. The summed E-state index contributed by atoms with van der Waals surface area (Å²) in [4.78, 5) is 16.9. The van der Waals surface area contributed by atoms with Gasteiger partial charge in [0, 0.05) is 33.7 Å². The maximum absolute atomic E-state index is 12.1. The molecule has 0 spiro atoms. The molecule has 0 aliphatic carbocycles. The van der Waals surface area contributed by atoms with Crippen molar-refractivity contribution in [3.8, 4) is 22.4 Å². The highest BCUT2D eigenvalue weighted by Gasteiger charge is 2.18. The molecular weight excluding hydrogens is 438 g/mol. The van der Waals surface area contributed by atoms with E-state index in [0.717, 1.165) is 16.7 Å². The molecule has 176 valence electrons. The number of benzene rings is 3. The largest absolute Gasteiger partial charge is 0.398 e. The van der Waals surface area contributed by atoms with E-state index in [1.54, 1.807) is 37.4 Å². The van der Waals surface area contributed by atoms with Crippen LogP contribution in [0.4, 0.5) is 11.4 Å². The number of aliphatic hydroxyl groups is 1. The Kier molecular flexibility index (Phi) is 6.89. The van der Waals surface area contributed by atoms with E-state index in [1.165, 1.54) is 0 Å². The summed E-state index contributed by atoms with van der Waals surface area (Å²) >= 11 is 0. The SMILES string of the molecule is CC(=N)c1cc(-c2cc(NC(CO)c3ccccc3)cnc2-c2ccccc2C(N)=O)ccc1N. The lowest BCUT2D eigenvalue weighted by Gasteiger charge is -2.20. The maximum atomic E-state index is 12.1. The third kappa shape index (κ3) is 5.05. The zero-order valence-corrected chi connectivity index (χ0v) is 19.3. The number of carbonyl (C=O) groups is 1. The first-order chi connectivity index (χ1) is 16.9. The Morgan fingerprint density at radius 2 is 1.71 bits per heavy atom. The number of nitrogens with zero attached hydrogens (tertiary/aromatic N) is 1.